The highest BCUT2D eigenvalue weighted by Crippen LogP contribution is 2.40. The van der Waals surface area contributed by atoms with Gasteiger partial charge >= 0.3 is 0 Å². The summed E-state index contributed by atoms with van der Waals surface area (Å²) in [6.07, 6.45) is 0. The second-order valence-corrected chi connectivity index (χ2v) is 7.36. The van der Waals surface area contributed by atoms with Gasteiger partial charge in [0.25, 0.3) is 0 Å². The second kappa shape index (κ2) is 5.82. The third-order valence-electron chi connectivity index (χ3n) is 4.28. The molecule has 1 N–H and O–H groups in total. The van der Waals surface area contributed by atoms with Crippen LogP contribution in [0, 0.1) is 13.8 Å². The topological polar surface area (TPSA) is 38.0 Å². The maximum atomic E-state index is 10.9. The lowest BCUT2D eigenvalue weighted by molar-refractivity contribution is 0.413. The van der Waals surface area contributed by atoms with Crippen molar-refractivity contribution in [2.75, 3.05) is 0 Å². The molecule has 0 atom stereocenters. The summed E-state index contributed by atoms with van der Waals surface area (Å²) in [6, 6.07) is 16.2. The van der Waals surface area contributed by atoms with Crippen LogP contribution in [0.1, 0.15) is 37.5 Å². The highest BCUT2D eigenvalue weighted by molar-refractivity contribution is 5.68. The van der Waals surface area contributed by atoms with Gasteiger partial charge in [0.2, 0.25) is 5.88 Å². The van der Waals surface area contributed by atoms with Crippen molar-refractivity contribution in [1.82, 2.24) is 9.78 Å². The van der Waals surface area contributed by atoms with E-state index in [-0.39, 0.29) is 11.3 Å². The number of aromatic hydroxyl groups is 1. The van der Waals surface area contributed by atoms with Crippen molar-refractivity contribution < 1.29 is 5.11 Å². The number of aromatic nitrogens is 2. The Kier molecular flexibility index (Phi) is 3.96. The Hall–Kier alpha value is -2.55. The molecule has 3 heteroatoms. The van der Waals surface area contributed by atoms with E-state index in [4.69, 9.17) is 5.10 Å². The molecule has 0 aliphatic rings. The number of rotatable bonds is 2. The minimum absolute atomic E-state index is 0.215. The zero-order valence-electron chi connectivity index (χ0n) is 15.0. The van der Waals surface area contributed by atoms with Crippen molar-refractivity contribution in [3.05, 3.63) is 65.2 Å². The normalized spacial score (nSPS) is 11.7. The van der Waals surface area contributed by atoms with Gasteiger partial charge in [-0.05, 0) is 30.9 Å². The first kappa shape index (κ1) is 16.3. The Morgan fingerprint density at radius 3 is 2.12 bits per heavy atom. The molecule has 0 saturated carbocycles. The highest BCUT2D eigenvalue weighted by Gasteiger charge is 2.29. The van der Waals surface area contributed by atoms with Gasteiger partial charge in [0.1, 0.15) is 5.69 Å². The summed E-state index contributed by atoms with van der Waals surface area (Å²) in [4.78, 5) is 0. The van der Waals surface area contributed by atoms with E-state index in [0.29, 0.717) is 0 Å². The summed E-state index contributed by atoms with van der Waals surface area (Å²) in [5.41, 5.74) is 5.69. The first-order valence-corrected chi connectivity index (χ1v) is 8.24. The van der Waals surface area contributed by atoms with Crippen molar-refractivity contribution in [3.8, 4) is 22.8 Å². The molecule has 0 radical (unpaired) electrons. The van der Waals surface area contributed by atoms with E-state index in [0.717, 1.165) is 28.1 Å². The van der Waals surface area contributed by atoms with E-state index in [1.807, 2.05) is 31.2 Å². The number of benzene rings is 2. The van der Waals surface area contributed by atoms with Gasteiger partial charge < -0.3 is 5.11 Å². The van der Waals surface area contributed by atoms with E-state index < -0.39 is 0 Å². The molecule has 0 spiro atoms. The van der Waals surface area contributed by atoms with Crippen LogP contribution in [0.3, 0.4) is 0 Å². The Morgan fingerprint density at radius 1 is 0.917 bits per heavy atom. The van der Waals surface area contributed by atoms with Gasteiger partial charge in [-0.25, -0.2) is 4.68 Å². The Bertz CT molecular complexity index is 868. The third kappa shape index (κ3) is 2.82. The van der Waals surface area contributed by atoms with Crippen LogP contribution in [0.2, 0.25) is 0 Å². The zero-order valence-corrected chi connectivity index (χ0v) is 15.0. The van der Waals surface area contributed by atoms with Crippen LogP contribution in [0.4, 0.5) is 0 Å². The largest absolute Gasteiger partial charge is 0.493 e. The molecule has 1 heterocycles. The molecule has 0 bridgehead atoms. The van der Waals surface area contributed by atoms with Crippen molar-refractivity contribution >= 4 is 0 Å². The number of nitrogens with zero attached hydrogens (tertiary/aromatic N) is 2. The first-order valence-electron chi connectivity index (χ1n) is 8.24. The summed E-state index contributed by atoms with van der Waals surface area (Å²) in [5, 5.41) is 15.7. The van der Waals surface area contributed by atoms with Gasteiger partial charge in [0.15, 0.2) is 0 Å². The van der Waals surface area contributed by atoms with Crippen LogP contribution in [0.15, 0.2) is 48.5 Å². The maximum Gasteiger partial charge on any atom is 0.218 e. The van der Waals surface area contributed by atoms with Crippen LogP contribution in [0.25, 0.3) is 16.9 Å². The van der Waals surface area contributed by atoms with Gasteiger partial charge in [0.05, 0.1) is 5.69 Å². The average Bonchev–Trinajstić information content (AvgIpc) is 2.86. The van der Waals surface area contributed by atoms with Crippen molar-refractivity contribution in [1.29, 1.82) is 0 Å². The Morgan fingerprint density at radius 2 is 1.54 bits per heavy atom. The standard InChI is InChI=1S/C21H24N2O/c1-14-10-12-16(13-11-14)19-18(21(3,4)5)20(24)23(22-19)17-9-7-6-8-15(17)2/h6-13,24H,1-5H3. The van der Waals surface area contributed by atoms with Crippen molar-refractivity contribution in [2.45, 2.75) is 40.0 Å². The fourth-order valence-electron chi connectivity index (χ4n) is 2.98. The predicted molar refractivity (Wildman–Crippen MR) is 98.8 cm³/mol. The second-order valence-electron chi connectivity index (χ2n) is 7.36. The Labute approximate surface area is 143 Å². The molecule has 2 aromatic carbocycles. The molecule has 3 nitrogen and oxygen atoms in total. The van der Waals surface area contributed by atoms with Gasteiger partial charge in [-0.15, -0.1) is 0 Å². The first-order chi connectivity index (χ1) is 11.3. The number of para-hydroxylation sites is 1. The van der Waals surface area contributed by atoms with E-state index in [9.17, 15) is 5.11 Å². The van der Waals surface area contributed by atoms with E-state index in [2.05, 4.69) is 52.0 Å². The van der Waals surface area contributed by atoms with Crippen molar-refractivity contribution in [2.24, 2.45) is 0 Å². The molecule has 0 amide bonds. The van der Waals surface area contributed by atoms with E-state index in [1.54, 1.807) is 4.68 Å². The van der Waals surface area contributed by atoms with E-state index >= 15 is 0 Å². The summed E-state index contributed by atoms with van der Waals surface area (Å²) in [5.74, 6) is 0.215. The molecule has 3 aromatic rings. The number of aryl methyl sites for hydroxylation is 2. The van der Waals surface area contributed by atoms with Crippen LogP contribution in [0.5, 0.6) is 5.88 Å². The lowest BCUT2D eigenvalue weighted by atomic mass is 9.85. The quantitative estimate of drug-likeness (QED) is 0.708. The fourth-order valence-corrected chi connectivity index (χ4v) is 2.98. The molecule has 0 aliphatic carbocycles. The summed E-state index contributed by atoms with van der Waals surface area (Å²) in [6.45, 7) is 10.4. The molecule has 0 aliphatic heterocycles. The monoisotopic (exact) mass is 320 g/mol. The van der Waals surface area contributed by atoms with Crippen LogP contribution in [-0.4, -0.2) is 14.9 Å². The smallest absolute Gasteiger partial charge is 0.218 e. The number of hydrogen-bond donors (Lipinski definition) is 1. The van der Waals surface area contributed by atoms with Crippen molar-refractivity contribution in [3.63, 3.8) is 0 Å². The molecule has 0 saturated heterocycles. The minimum Gasteiger partial charge on any atom is -0.493 e. The average molecular weight is 320 g/mol. The predicted octanol–water partition coefficient (Wildman–Crippen LogP) is 5.16. The molecule has 124 valence electrons. The molecule has 0 fully saturated rings. The van der Waals surface area contributed by atoms with Crippen LogP contribution in [-0.2, 0) is 5.41 Å². The minimum atomic E-state index is -0.217. The van der Waals surface area contributed by atoms with Gasteiger partial charge in [-0.2, -0.15) is 5.10 Å². The number of hydrogen-bond acceptors (Lipinski definition) is 2. The van der Waals surface area contributed by atoms with Gasteiger partial charge in [0, 0.05) is 11.1 Å². The summed E-state index contributed by atoms with van der Waals surface area (Å²) >= 11 is 0. The zero-order chi connectivity index (χ0) is 17.5. The molecule has 3 rings (SSSR count). The molecular weight excluding hydrogens is 296 g/mol. The Balaban J connectivity index is 2.28. The van der Waals surface area contributed by atoms with Gasteiger partial charge in [-0.3, -0.25) is 0 Å². The SMILES string of the molecule is Cc1ccc(-c2nn(-c3ccccc3C)c(O)c2C(C)(C)C)cc1. The maximum absolute atomic E-state index is 10.9. The van der Waals surface area contributed by atoms with Crippen LogP contribution < -0.4 is 0 Å². The molecular formula is C21H24N2O. The fraction of sp³-hybridized carbons (Fsp3) is 0.286. The highest BCUT2D eigenvalue weighted by atomic mass is 16.3. The lowest BCUT2D eigenvalue weighted by Gasteiger charge is -2.19. The van der Waals surface area contributed by atoms with Crippen LogP contribution >= 0.6 is 0 Å². The summed E-state index contributed by atoms with van der Waals surface area (Å²) in [7, 11) is 0. The van der Waals surface area contributed by atoms with Gasteiger partial charge in [-0.1, -0.05) is 68.8 Å². The lowest BCUT2D eigenvalue weighted by Crippen LogP contribution is -2.12. The molecule has 24 heavy (non-hydrogen) atoms. The molecule has 0 unspecified atom stereocenters. The third-order valence-corrected chi connectivity index (χ3v) is 4.28. The summed E-state index contributed by atoms with van der Waals surface area (Å²) < 4.78 is 1.66. The molecule has 1 aromatic heterocycles. The van der Waals surface area contributed by atoms with E-state index in [1.165, 1.54) is 5.56 Å².